The van der Waals surface area contributed by atoms with Gasteiger partial charge < -0.3 is 15.5 Å². The van der Waals surface area contributed by atoms with Gasteiger partial charge in [0.15, 0.2) is 0 Å². The second kappa shape index (κ2) is 7.72. The number of anilines is 2. The van der Waals surface area contributed by atoms with Crippen LogP contribution in [0.4, 0.5) is 16.0 Å². The largest absolute Gasteiger partial charge is 0.368 e. The van der Waals surface area contributed by atoms with Gasteiger partial charge in [0.2, 0.25) is 0 Å². The van der Waals surface area contributed by atoms with Gasteiger partial charge in [-0.25, -0.2) is 14.4 Å². The Balaban J connectivity index is 1.46. The number of rotatable bonds is 6. The highest BCUT2D eigenvalue weighted by molar-refractivity contribution is 5.94. The van der Waals surface area contributed by atoms with Crippen molar-refractivity contribution in [2.45, 2.75) is 12.8 Å². The molecule has 126 valence electrons. The van der Waals surface area contributed by atoms with Gasteiger partial charge in [-0.15, -0.1) is 0 Å². The number of carbonyl (C=O) groups excluding carboxylic acids is 1. The topological polar surface area (TPSA) is 70.2 Å². The Morgan fingerprint density at radius 3 is 2.79 bits per heavy atom. The molecule has 0 saturated carbocycles. The van der Waals surface area contributed by atoms with Crippen LogP contribution in [0.3, 0.4) is 0 Å². The smallest absolute Gasteiger partial charge is 0.251 e. The lowest BCUT2D eigenvalue weighted by molar-refractivity contribution is 0.0954. The zero-order chi connectivity index (χ0) is 16.8. The first-order valence-corrected chi connectivity index (χ1v) is 8.07. The molecule has 0 unspecified atom stereocenters. The van der Waals surface area contributed by atoms with Gasteiger partial charge in [-0.3, -0.25) is 4.79 Å². The van der Waals surface area contributed by atoms with Crippen molar-refractivity contribution in [3.63, 3.8) is 0 Å². The zero-order valence-corrected chi connectivity index (χ0v) is 13.3. The van der Waals surface area contributed by atoms with Crippen LogP contribution in [0.5, 0.6) is 0 Å². The van der Waals surface area contributed by atoms with Gasteiger partial charge in [0.25, 0.3) is 5.91 Å². The molecule has 1 saturated heterocycles. The van der Waals surface area contributed by atoms with Crippen LogP contribution in [-0.2, 0) is 0 Å². The molecule has 1 aromatic carbocycles. The summed E-state index contributed by atoms with van der Waals surface area (Å²) in [4.78, 5) is 22.6. The molecule has 7 heteroatoms. The number of aromatic nitrogens is 2. The standard InChI is InChI=1S/C17H20FN5O/c18-14-5-3-4-13(10-14)17(24)20-7-6-19-15-11-16(22-12-21-15)23-8-1-2-9-23/h3-5,10-12H,1-2,6-9H2,(H,20,24)(H,19,21,22). The van der Waals surface area contributed by atoms with Gasteiger partial charge >= 0.3 is 0 Å². The van der Waals surface area contributed by atoms with Crippen molar-refractivity contribution in [2.24, 2.45) is 0 Å². The number of benzene rings is 1. The summed E-state index contributed by atoms with van der Waals surface area (Å²) < 4.78 is 13.1. The van der Waals surface area contributed by atoms with E-state index >= 15 is 0 Å². The molecule has 0 spiro atoms. The van der Waals surface area contributed by atoms with Gasteiger partial charge in [0.05, 0.1) is 0 Å². The van der Waals surface area contributed by atoms with Crippen molar-refractivity contribution >= 4 is 17.5 Å². The zero-order valence-electron chi connectivity index (χ0n) is 13.3. The molecule has 0 radical (unpaired) electrons. The lowest BCUT2D eigenvalue weighted by Crippen LogP contribution is -2.29. The van der Waals surface area contributed by atoms with E-state index in [1.807, 2.05) is 6.07 Å². The van der Waals surface area contributed by atoms with E-state index in [9.17, 15) is 9.18 Å². The van der Waals surface area contributed by atoms with Gasteiger partial charge in [-0.1, -0.05) is 6.07 Å². The van der Waals surface area contributed by atoms with Crippen molar-refractivity contribution < 1.29 is 9.18 Å². The molecule has 3 rings (SSSR count). The number of amides is 1. The highest BCUT2D eigenvalue weighted by Crippen LogP contribution is 2.18. The van der Waals surface area contributed by atoms with Crippen LogP contribution in [-0.4, -0.2) is 42.1 Å². The van der Waals surface area contributed by atoms with Crippen LogP contribution < -0.4 is 15.5 Å². The first kappa shape index (κ1) is 16.2. The molecule has 0 bridgehead atoms. The first-order chi connectivity index (χ1) is 11.7. The van der Waals surface area contributed by atoms with Crippen LogP contribution in [0.15, 0.2) is 36.7 Å². The molecule has 1 amide bonds. The molecule has 2 heterocycles. The lowest BCUT2D eigenvalue weighted by Gasteiger charge is -2.16. The van der Waals surface area contributed by atoms with E-state index in [0.717, 1.165) is 24.7 Å². The maximum Gasteiger partial charge on any atom is 0.251 e. The van der Waals surface area contributed by atoms with E-state index in [0.29, 0.717) is 18.7 Å². The summed E-state index contributed by atoms with van der Waals surface area (Å²) in [6.45, 7) is 3.00. The van der Waals surface area contributed by atoms with Gasteiger partial charge in [0.1, 0.15) is 23.8 Å². The molecule has 2 aromatic rings. The van der Waals surface area contributed by atoms with Crippen molar-refractivity contribution in [3.05, 3.63) is 48.0 Å². The summed E-state index contributed by atoms with van der Waals surface area (Å²) in [5.41, 5.74) is 0.313. The van der Waals surface area contributed by atoms with E-state index in [4.69, 9.17) is 0 Å². The molecule has 0 aliphatic carbocycles. The average Bonchev–Trinajstić information content (AvgIpc) is 3.13. The van der Waals surface area contributed by atoms with Crippen LogP contribution in [0.1, 0.15) is 23.2 Å². The second-order valence-corrected chi connectivity index (χ2v) is 5.65. The summed E-state index contributed by atoms with van der Waals surface area (Å²) in [5.74, 6) is 0.939. The third-order valence-corrected chi connectivity index (χ3v) is 3.89. The summed E-state index contributed by atoms with van der Waals surface area (Å²) in [6, 6.07) is 7.54. The van der Waals surface area contributed by atoms with Crippen molar-refractivity contribution in [2.75, 3.05) is 36.4 Å². The second-order valence-electron chi connectivity index (χ2n) is 5.65. The number of nitrogens with one attached hydrogen (secondary N) is 2. The number of carbonyl (C=O) groups is 1. The third-order valence-electron chi connectivity index (χ3n) is 3.89. The molecule has 0 atom stereocenters. The normalized spacial score (nSPS) is 13.8. The minimum atomic E-state index is -0.420. The summed E-state index contributed by atoms with van der Waals surface area (Å²) in [7, 11) is 0. The molecule has 1 fully saturated rings. The minimum Gasteiger partial charge on any atom is -0.368 e. The average molecular weight is 329 g/mol. The fraction of sp³-hybridized carbons (Fsp3) is 0.353. The Labute approximate surface area is 140 Å². The summed E-state index contributed by atoms with van der Waals surface area (Å²) in [5, 5.41) is 5.90. The van der Waals surface area contributed by atoms with Crippen LogP contribution in [0, 0.1) is 5.82 Å². The Morgan fingerprint density at radius 1 is 1.17 bits per heavy atom. The predicted octanol–water partition coefficient (Wildman–Crippen LogP) is 2.06. The highest BCUT2D eigenvalue weighted by Gasteiger charge is 2.13. The number of nitrogens with zero attached hydrogens (tertiary/aromatic N) is 3. The van der Waals surface area contributed by atoms with Crippen molar-refractivity contribution in [1.29, 1.82) is 0 Å². The summed E-state index contributed by atoms with van der Waals surface area (Å²) in [6.07, 6.45) is 3.93. The SMILES string of the molecule is O=C(NCCNc1cc(N2CCCC2)ncn1)c1cccc(F)c1. The monoisotopic (exact) mass is 329 g/mol. The number of hydrogen-bond donors (Lipinski definition) is 2. The molecule has 1 aliphatic heterocycles. The fourth-order valence-corrected chi connectivity index (χ4v) is 2.66. The fourth-order valence-electron chi connectivity index (χ4n) is 2.66. The molecular formula is C17H20FN5O. The summed E-state index contributed by atoms with van der Waals surface area (Å²) >= 11 is 0. The van der Waals surface area contributed by atoms with Crippen molar-refractivity contribution in [1.82, 2.24) is 15.3 Å². The van der Waals surface area contributed by atoms with Gasteiger partial charge in [-0.05, 0) is 31.0 Å². The van der Waals surface area contributed by atoms with Crippen LogP contribution in [0.2, 0.25) is 0 Å². The van der Waals surface area contributed by atoms with Gasteiger partial charge in [0, 0.05) is 37.8 Å². The third kappa shape index (κ3) is 4.18. The Hall–Kier alpha value is -2.70. The lowest BCUT2D eigenvalue weighted by atomic mass is 10.2. The predicted molar refractivity (Wildman–Crippen MR) is 90.7 cm³/mol. The Morgan fingerprint density at radius 2 is 2.00 bits per heavy atom. The highest BCUT2D eigenvalue weighted by atomic mass is 19.1. The molecule has 6 nitrogen and oxygen atoms in total. The maximum absolute atomic E-state index is 13.1. The molecule has 24 heavy (non-hydrogen) atoms. The maximum atomic E-state index is 13.1. The van der Waals surface area contributed by atoms with E-state index in [1.165, 1.54) is 31.0 Å². The van der Waals surface area contributed by atoms with E-state index in [2.05, 4.69) is 25.5 Å². The van der Waals surface area contributed by atoms with E-state index in [-0.39, 0.29) is 5.91 Å². The number of hydrogen-bond acceptors (Lipinski definition) is 5. The molecule has 2 N–H and O–H groups in total. The Bertz CT molecular complexity index is 703. The van der Waals surface area contributed by atoms with E-state index < -0.39 is 5.82 Å². The first-order valence-electron chi connectivity index (χ1n) is 8.07. The number of halogens is 1. The van der Waals surface area contributed by atoms with Crippen LogP contribution >= 0.6 is 0 Å². The van der Waals surface area contributed by atoms with Crippen molar-refractivity contribution in [3.8, 4) is 0 Å². The minimum absolute atomic E-state index is 0.295. The molecule has 1 aromatic heterocycles. The van der Waals surface area contributed by atoms with Crippen LogP contribution in [0.25, 0.3) is 0 Å². The quantitative estimate of drug-likeness (QED) is 0.794. The Kier molecular flexibility index (Phi) is 5.20. The van der Waals surface area contributed by atoms with E-state index in [1.54, 1.807) is 12.4 Å². The molecule has 1 aliphatic rings. The van der Waals surface area contributed by atoms with Gasteiger partial charge in [-0.2, -0.15) is 0 Å². The molecular weight excluding hydrogens is 309 g/mol.